The minimum absolute atomic E-state index is 0.149. The van der Waals surface area contributed by atoms with Crippen molar-refractivity contribution in [2.45, 2.75) is 32.4 Å². The first-order chi connectivity index (χ1) is 12.7. The van der Waals surface area contributed by atoms with E-state index in [1.165, 1.54) is 16.5 Å². The van der Waals surface area contributed by atoms with Gasteiger partial charge in [-0.25, -0.2) is 4.39 Å². The lowest BCUT2D eigenvalue weighted by Crippen LogP contribution is -2.47. The van der Waals surface area contributed by atoms with Gasteiger partial charge in [0.05, 0.1) is 0 Å². The molecule has 0 bridgehead atoms. The second kappa shape index (κ2) is 9.14. The van der Waals surface area contributed by atoms with E-state index in [1.54, 1.807) is 13.1 Å². The molecule has 0 saturated heterocycles. The van der Waals surface area contributed by atoms with Gasteiger partial charge in [0.1, 0.15) is 5.82 Å². The zero-order valence-corrected chi connectivity index (χ0v) is 16.3. The Balaban J connectivity index is 1.42. The molecule has 0 fully saturated rings. The Kier molecular flexibility index (Phi) is 6.63. The molecular formula is C20H27FN4S. The SMILES string of the molecule is CN=C(NCCc1ccccc1F)NCC(C)N1CCc2sccc2C1. The van der Waals surface area contributed by atoms with Gasteiger partial charge >= 0.3 is 0 Å². The lowest BCUT2D eigenvalue weighted by Gasteiger charge is -2.32. The fraction of sp³-hybridized carbons (Fsp3) is 0.450. The van der Waals surface area contributed by atoms with Crippen molar-refractivity contribution >= 4 is 17.3 Å². The first-order valence-electron chi connectivity index (χ1n) is 9.14. The van der Waals surface area contributed by atoms with Crippen molar-refractivity contribution in [3.05, 3.63) is 57.5 Å². The predicted octanol–water partition coefficient (Wildman–Crippen LogP) is 3.04. The predicted molar refractivity (Wildman–Crippen MR) is 107 cm³/mol. The van der Waals surface area contributed by atoms with Gasteiger partial charge in [-0.05, 0) is 48.4 Å². The van der Waals surface area contributed by atoms with Gasteiger partial charge in [-0.2, -0.15) is 0 Å². The maximum atomic E-state index is 13.7. The van der Waals surface area contributed by atoms with Crippen LogP contribution >= 0.6 is 11.3 Å². The quantitative estimate of drug-likeness (QED) is 0.603. The molecule has 0 amide bonds. The zero-order chi connectivity index (χ0) is 18.4. The normalized spacial score (nSPS) is 16.2. The van der Waals surface area contributed by atoms with Crippen LogP contribution in [0.1, 0.15) is 22.9 Å². The third-order valence-electron chi connectivity index (χ3n) is 4.89. The van der Waals surface area contributed by atoms with Crippen LogP contribution in [0.2, 0.25) is 0 Å². The highest BCUT2D eigenvalue weighted by molar-refractivity contribution is 7.10. The van der Waals surface area contributed by atoms with Crippen LogP contribution in [0.3, 0.4) is 0 Å². The number of hydrogen-bond donors (Lipinski definition) is 2. The maximum absolute atomic E-state index is 13.7. The number of fused-ring (bicyclic) bond motifs is 1. The summed E-state index contributed by atoms with van der Waals surface area (Å²) in [5.41, 5.74) is 2.20. The molecule has 4 nitrogen and oxygen atoms in total. The number of halogens is 1. The Morgan fingerprint density at radius 3 is 2.96 bits per heavy atom. The molecular weight excluding hydrogens is 347 g/mol. The molecule has 6 heteroatoms. The fourth-order valence-corrected chi connectivity index (χ4v) is 4.15. The minimum atomic E-state index is -0.149. The summed E-state index contributed by atoms with van der Waals surface area (Å²) in [4.78, 5) is 8.31. The molecule has 2 N–H and O–H groups in total. The maximum Gasteiger partial charge on any atom is 0.191 e. The Morgan fingerprint density at radius 1 is 1.31 bits per heavy atom. The molecule has 26 heavy (non-hydrogen) atoms. The van der Waals surface area contributed by atoms with E-state index in [0.717, 1.165) is 37.6 Å². The highest BCUT2D eigenvalue weighted by Gasteiger charge is 2.21. The molecule has 0 saturated carbocycles. The van der Waals surface area contributed by atoms with Crippen LogP contribution in [-0.2, 0) is 19.4 Å². The van der Waals surface area contributed by atoms with Crippen molar-refractivity contribution in [2.24, 2.45) is 4.99 Å². The number of aliphatic imine (C=N–C) groups is 1. The first-order valence-corrected chi connectivity index (χ1v) is 10.0. The number of hydrogen-bond acceptors (Lipinski definition) is 3. The van der Waals surface area contributed by atoms with Gasteiger partial charge in [0, 0.05) is 44.1 Å². The van der Waals surface area contributed by atoms with Crippen LogP contribution in [-0.4, -0.2) is 43.6 Å². The molecule has 2 aromatic rings. The van der Waals surface area contributed by atoms with Gasteiger partial charge in [-0.1, -0.05) is 18.2 Å². The average molecular weight is 375 g/mol. The molecule has 0 radical (unpaired) electrons. The van der Waals surface area contributed by atoms with Crippen LogP contribution in [0.25, 0.3) is 0 Å². The molecule has 1 aromatic carbocycles. The molecule has 1 unspecified atom stereocenters. The number of guanidine groups is 1. The van der Waals surface area contributed by atoms with Crippen molar-refractivity contribution in [2.75, 3.05) is 26.7 Å². The summed E-state index contributed by atoms with van der Waals surface area (Å²) in [5, 5.41) is 8.85. The summed E-state index contributed by atoms with van der Waals surface area (Å²) in [6, 6.07) is 9.58. The number of nitrogens with zero attached hydrogens (tertiary/aromatic N) is 2. The van der Waals surface area contributed by atoms with E-state index in [9.17, 15) is 4.39 Å². The van der Waals surface area contributed by atoms with Crippen molar-refractivity contribution in [1.29, 1.82) is 0 Å². The van der Waals surface area contributed by atoms with E-state index < -0.39 is 0 Å². The van der Waals surface area contributed by atoms with Crippen LogP contribution < -0.4 is 10.6 Å². The number of nitrogens with one attached hydrogen (secondary N) is 2. The van der Waals surface area contributed by atoms with Crippen molar-refractivity contribution < 1.29 is 4.39 Å². The number of benzene rings is 1. The summed E-state index contributed by atoms with van der Waals surface area (Å²) in [6.45, 7) is 5.86. The van der Waals surface area contributed by atoms with Gasteiger partial charge in [0.25, 0.3) is 0 Å². The Bertz CT molecular complexity index is 743. The van der Waals surface area contributed by atoms with Crippen molar-refractivity contribution in [3.8, 4) is 0 Å². The van der Waals surface area contributed by atoms with E-state index in [-0.39, 0.29) is 5.82 Å². The van der Waals surface area contributed by atoms with Crippen LogP contribution in [0.15, 0.2) is 40.7 Å². The molecule has 2 heterocycles. The van der Waals surface area contributed by atoms with Crippen LogP contribution in [0.4, 0.5) is 4.39 Å². The van der Waals surface area contributed by atoms with Gasteiger partial charge < -0.3 is 10.6 Å². The largest absolute Gasteiger partial charge is 0.356 e. The summed E-state index contributed by atoms with van der Waals surface area (Å²) in [7, 11) is 1.77. The van der Waals surface area contributed by atoms with Crippen molar-refractivity contribution in [1.82, 2.24) is 15.5 Å². The van der Waals surface area contributed by atoms with Gasteiger partial charge in [-0.3, -0.25) is 9.89 Å². The number of rotatable bonds is 6. The zero-order valence-electron chi connectivity index (χ0n) is 15.5. The van der Waals surface area contributed by atoms with E-state index in [1.807, 2.05) is 23.5 Å². The first kappa shape index (κ1) is 18.9. The second-order valence-corrected chi connectivity index (χ2v) is 7.66. The van der Waals surface area contributed by atoms with E-state index in [0.29, 0.717) is 19.0 Å². The lowest BCUT2D eigenvalue weighted by atomic mass is 10.1. The van der Waals surface area contributed by atoms with Gasteiger partial charge in [0.2, 0.25) is 0 Å². The monoisotopic (exact) mass is 374 g/mol. The molecule has 0 spiro atoms. The highest BCUT2D eigenvalue weighted by Crippen LogP contribution is 2.24. The standard InChI is InChI=1S/C20H27FN4S/c1-15(25-11-8-19-17(14-25)9-12-26-19)13-24-20(22-2)23-10-7-16-5-3-4-6-18(16)21/h3-6,9,12,15H,7-8,10-11,13-14H2,1-2H3,(H2,22,23,24). The smallest absolute Gasteiger partial charge is 0.191 e. The summed E-state index contributed by atoms with van der Waals surface area (Å²) >= 11 is 1.87. The van der Waals surface area contributed by atoms with E-state index >= 15 is 0 Å². The summed E-state index contributed by atoms with van der Waals surface area (Å²) in [6.07, 6.45) is 1.78. The Hall–Kier alpha value is -1.92. The number of thiophene rings is 1. The van der Waals surface area contributed by atoms with Crippen molar-refractivity contribution in [3.63, 3.8) is 0 Å². The molecule has 140 valence electrons. The Morgan fingerprint density at radius 2 is 2.15 bits per heavy atom. The van der Waals surface area contributed by atoms with Gasteiger partial charge in [0.15, 0.2) is 5.96 Å². The third-order valence-corrected chi connectivity index (χ3v) is 5.92. The van der Waals surface area contributed by atoms with Crippen LogP contribution in [0, 0.1) is 5.82 Å². The van der Waals surface area contributed by atoms with Gasteiger partial charge in [-0.15, -0.1) is 11.3 Å². The molecule has 1 aliphatic heterocycles. The van der Waals surface area contributed by atoms with Crippen LogP contribution in [0.5, 0.6) is 0 Å². The lowest BCUT2D eigenvalue weighted by molar-refractivity contribution is 0.192. The van der Waals surface area contributed by atoms with E-state index in [2.05, 4.69) is 38.9 Å². The molecule has 1 atom stereocenters. The summed E-state index contributed by atoms with van der Waals surface area (Å²) < 4.78 is 13.7. The molecule has 1 aromatic heterocycles. The summed E-state index contributed by atoms with van der Waals surface area (Å²) in [5.74, 6) is 0.616. The second-order valence-electron chi connectivity index (χ2n) is 6.66. The fourth-order valence-electron chi connectivity index (χ4n) is 3.26. The minimum Gasteiger partial charge on any atom is -0.356 e. The average Bonchev–Trinajstić information content (AvgIpc) is 3.13. The molecule has 0 aliphatic carbocycles. The molecule has 1 aliphatic rings. The van der Waals surface area contributed by atoms with E-state index in [4.69, 9.17) is 0 Å². The third kappa shape index (κ3) is 4.83. The molecule has 3 rings (SSSR count). The topological polar surface area (TPSA) is 39.7 Å². The highest BCUT2D eigenvalue weighted by atomic mass is 32.1. The Labute approximate surface area is 159 Å².